The van der Waals surface area contributed by atoms with Gasteiger partial charge in [-0.05, 0) is 36.6 Å². The normalized spacial score (nSPS) is 13.7. The van der Waals surface area contributed by atoms with Gasteiger partial charge in [-0.25, -0.2) is 13.1 Å². The molecule has 5 nitrogen and oxygen atoms in total. The molecule has 0 aliphatic rings. The highest BCUT2D eigenvalue weighted by molar-refractivity contribution is 7.89. The number of aliphatic hydroxyl groups excluding tert-OH is 1. The molecule has 0 bridgehead atoms. The van der Waals surface area contributed by atoms with Gasteiger partial charge in [0.2, 0.25) is 10.0 Å². The van der Waals surface area contributed by atoms with Crippen molar-refractivity contribution >= 4 is 32.5 Å². The van der Waals surface area contributed by atoms with Crippen LogP contribution in [-0.4, -0.2) is 31.2 Å². The Labute approximate surface area is 135 Å². The predicted molar refractivity (Wildman–Crippen MR) is 87.4 cm³/mol. The van der Waals surface area contributed by atoms with E-state index in [0.717, 1.165) is 0 Å². The summed E-state index contributed by atoms with van der Waals surface area (Å²) in [6, 6.07) is 6.33. The average molecular weight is 343 g/mol. The Morgan fingerprint density at radius 2 is 2.05 bits per heavy atom. The number of hydrogen-bond donors (Lipinski definition) is 2. The van der Waals surface area contributed by atoms with E-state index in [2.05, 4.69) is 9.71 Å². The van der Waals surface area contributed by atoms with Crippen molar-refractivity contribution in [1.82, 2.24) is 9.71 Å². The van der Waals surface area contributed by atoms with Crippen LogP contribution in [0.4, 0.5) is 0 Å². The van der Waals surface area contributed by atoms with E-state index >= 15 is 0 Å². The fraction of sp³-hybridized carbons (Fsp3) is 0.400. The van der Waals surface area contributed by atoms with Gasteiger partial charge in [-0.3, -0.25) is 4.98 Å². The zero-order chi connectivity index (χ0) is 16.3. The minimum absolute atomic E-state index is 0.0880. The Morgan fingerprint density at radius 3 is 2.73 bits per heavy atom. The smallest absolute Gasteiger partial charge is 0.241 e. The first-order chi connectivity index (χ1) is 10.3. The number of nitrogens with one attached hydrogen (secondary N) is 1. The predicted octanol–water partition coefficient (Wildman–Crippen LogP) is 2.57. The van der Waals surface area contributed by atoms with E-state index in [0.29, 0.717) is 22.3 Å². The molecule has 1 aromatic carbocycles. The number of aliphatic hydroxyl groups is 1. The van der Waals surface area contributed by atoms with Crippen molar-refractivity contribution < 1.29 is 13.5 Å². The van der Waals surface area contributed by atoms with Crippen LogP contribution in [0.25, 0.3) is 10.9 Å². The first-order valence-electron chi connectivity index (χ1n) is 7.04. The molecule has 1 atom stereocenters. The van der Waals surface area contributed by atoms with E-state index in [4.69, 9.17) is 11.6 Å². The maximum absolute atomic E-state index is 12.4. The zero-order valence-electron chi connectivity index (χ0n) is 12.5. The van der Waals surface area contributed by atoms with Gasteiger partial charge in [-0.15, -0.1) is 0 Å². The van der Waals surface area contributed by atoms with Gasteiger partial charge in [-0.2, -0.15) is 0 Å². The lowest BCUT2D eigenvalue weighted by Gasteiger charge is -2.15. The quantitative estimate of drug-likeness (QED) is 0.845. The number of hydrogen-bond acceptors (Lipinski definition) is 4. The van der Waals surface area contributed by atoms with E-state index in [1.807, 2.05) is 13.8 Å². The molecule has 0 fully saturated rings. The molecule has 120 valence electrons. The fourth-order valence-corrected chi connectivity index (χ4v) is 3.56. The molecular formula is C15H19ClN2O3S. The molecule has 1 aromatic heterocycles. The average Bonchev–Trinajstić information content (AvgIpc) is 2.47. The lowest BCUT2D eigenvalue weighted by molar-refractivity contribution is 0.118. The van der Waals surface area contributed by atoms with E-state index in [9.17, 15) is 13.5 Å². The van der Waals surface area contributed by atoms with Gasteiger partial charge < -0.3 is 5.11 Å². The molecular weight excluding hydrogens is 324 g/mol. The second-order valence-electron chi connectivity index (χ2n) is 5.44. The van der Waals surface area contributed by atoms with Crippen LogP contribution in [-0.2, 0) is 10.0 Å². The summed E-state index contributed by atoms with van der Waals surface area (Å²) in [6.07, 6.45) is 1.39. The lowest BCUT2D eigenvalue weighted by Crippen LogP contribution is -2.29. The van der Waals surface area contributed by atoms with Crippen LogP contribution in [0.3, 0.4) is 0 Å². The summed E-state index contributed by atoms with van der Waals surface area (Å²) < 4.78 is 27.4. The Balaban J connectivity index is 2.25. The minimum atomic E-state index is -3.68. The van der Waals surface area contributed by atoms with Crippen LogP contribution in [0.15, 0.2) is 35.4 Å². The van der Waals surface area contributed by atoms with Gasteiger partial charge in [0.1, 0.15) is 0 Å². The van der Waals surface area contributed by atoms with Crippen LogP contribution >= 0.6 is 11.6 Å². The van der Waals surface area contributed by atoms with Gasteiger partial charge in [-0.1, -0.05) is 25.4 Å². The summed E-state index contributed by atoms with van der Waals surface area (Å²) in [5.74, 6) is 0.0880. The number of benzene rings is 1. The number of halogens is 1. The summed E-state index contributed by atoms with van der Waals surface area (Å²) in [5, 5.41) is 10.6. The number of aromatic nitrogens is 1. The van der Waals surface area contributed by atoms with Gasteiger partial charge in [0, 0.05) is 18.1 Å². The molecule has 1 unspecified atom stereocenters. The van der Waals surface area contributed by atoms with Crippen molar-refractivity contribution in [2.45, 2.75) is 31.3 Å². The second-order valence-corrected chi connectivity index (χ2v) is 7.59. The minimum Gasteiger partial charge on any atom is -0.393 e. The standard InChI is InChI=1S/C15H19ClN2O3S/c1-10(2)13(19)7-9-18-22(20,21)14-6-5-12(16)15-11(14)4-3-8-17-15/h3-6,8,10,13,18-19H,7,9H2,1-2H3. The van der Waals surface area contributed by atoms with Crippen molar-refractivity contribution in [1.29, 1.82) is 0 Å². The molecule has 0 amide bonds. The van der Waals surface area contributed by atoms with Gasteiger partial charge >= 0.3 is 0 Å². The van der Waals surface area contributed by atoms with Crippen LogP contribution in [0.1, 0.15) is 20.3 Å². The molecule has 0 saturated carbocycles. The molecule has 7 heteroatoms. The van der Waals surface area contributed by atoms with Crippen LogP contribution in [0.2, 0.25) is 5.02 Å². The van der Waals surface area contributed by atoms with Gasteiger partial charge in [0.05, 0.1) is 21.5 Å². The SMILES string of the molecule is CC(C)C(O)CCNS(=O)(=O)c1ccc(Cl)c2ncccc12. The third-order valence-electron chi connectivity index (χ3n) is 3.47. The van der Waals surface area contributed by atoms with Crippen molar-refractivity contribution in [3.8, 4) is 0 Å². The summed E-state index contributed by atoms with van der Waals surface area (Å²) in [6.45, 7) is 3.95. The molecule has 2 aromatic rings. The number of sulfonamides is 1. The Kier molecular flexibility index (Phi) is 5.39. The first kappa shape index (κ1) is 17.1. The molecule has 0 aliphatic heterocycles. The van der Waals surface area contributed by atoms with Gasteiger partial charge in [0.25, 0.3) is 0 Å². The fourth-order valence-electron chi connectivity index (χ4n) is 2.10. The highest BCUT2D eigenvalue weighted by atomic mass is 35.5. The summed E-state index contributed by atoms with van der Waals surface area (Å²) in [5.41, 5.74) is 0.453. The number of pyridine rings is 1. The van der Waals surface area contributed by atoms with Gasteiger partial charge in [0.15, 0.2) is 0 Å². The zero-order valence-corrected chi connectivity index (χ0v) is 14.0. The summed E-state index contributed by atoms with van der Waals surface area (Å²) in [7, 11) is -3.68. The molecule has 0 saturated heterocycles. The summed E-state index contributed by atoms with van der Waals surface area (Å²) in [4.78, 5) is 4.26. The number of rotatable bonds is 6. The number of fused-ring (bicyclic) bond motifs is 1. The van der Waals surface area contributed by atoms with Crippen LogP contribution in [0.5, 0.6) is 0 Å². The molecule has 2 rings (SSSR count). The monoisotopic (exact) mass is 342 g/mol. The van der Waals surface area contributed by atoms with E-state index in [1.54, 1.807) is 18.3 Å². The lowest BCUT2D eigenvalue weighted by atomic mass is 10.1. The van der Waals surface area contributed by atoms with Crippen molar-refractivity contribution in [3.63, 3.8) is 0 Å². The highest BCUT2D eigenvalue weighted by Crippen LogP contribution is 2.27. The Bertz CT molecular complexity index is 762. The van der Waals surface area contributed by atoms with E-state index < -0.39 is 16.1 Å². The Morgan fingerprint density at radius 1 is 1.32 bits per heavy atom. The Hall–Kier alpha value is -1.21. The maximum Gasteiger partial charge on any atom is 0.241 e. The third-order valence-corrected chi connectivity index (χ3v) is 5.30. The second kappa shape index (κ2) is 6.91. The van der Waals surface area contributed by atoms with Crippen molar-refractivity contribution in [2.75, 3.05) is 6.54 Å². The van der Waals surface area contributed by atoms with Crippen molar-refractivity contribution in [2.24, 2.45) is 5.92 Å². The summed E-state index contributed by atoms with van der Waals surface area (Å²) >= 11 is 6.05. The first-order valence-corrected chi connectivity index (χ1v) is 8.90. The van der Waals surface area contributed by atoms with E-state index in [1.165, 1.54) is 12.1 Å². The molecule has 22 heavy (non-hydrogen) atoms. The van der Waals surface area contributed by atoms with Crippen molar-refractivity contribution in [3.05, 3.63) is 35.5 Å². The largest absolute Gasteiger partial charge is 0.393 e. The maximum atomic E-state index is 12.4. The highest BCUT2D eigenvalue weighted by Gasteiger charge is 2.19. The van der Waals surface area contributed by atoms with Crippen LogP contribution in [0, 0.1) is 5.92 Å². The van der Waals surface area contributed by atoms with E-state index in [-0.39, 0.29) is 17.4 Å². The topological polar surface area (TPSA) is 79.3 Å². The molecule has 1 heterocycles. The molecule has 0 aliphatic carbocycles. The third kappa shape index (κ3) is 3.76. The molecule has 0 spiro atoms. The van der Waals surface area contributed by atoms with Crippen LogP contribution < -0.4 is 4.72 Å². The molecule has 0 radical (unpaired) electrons. The number of nitrogens with zero attached hydrogens (tertiary/aromatic N) is 1. The molecule has 2 N–H and O–H groups in total.